The van der Waals surface area contributed by atoms with Gasteiger partial charge in [-0.2, -0.15) is 0 Å². The molecular weight excluding hydrogens is 302 g/mol. The molecule has 5 nitrogen and oxygen atoms in total. The van der Waals surface area contributed by atoms with Crippen LogP contribution in [-0.2, 0) is 11.2 Å². The van der Waals surface area contributed by atoms with Crippen LogP contribution in [0.2, 0.25) is 5.02 Å². The molecule has 1 aromatic carbocycles. The molecule has 0 radical (unpaired) electrons. The van der Waals surface area contributed by atoms with Crippen LogP contribution in [0, 0.1) is 0 Å². The van der Waals surface area contributed by atoms with Gasteiger partial charge in [0.25, 0.3) is 0 Å². The van der Waals surface area contributed by atoms with E-state index in [9.17, 15) is 9.59 Å². The standard InChI is InChI=1S/C16H22ClN3O2/c1-12(2)18-16(22)20-8-6-19(7-9-20)15(21)11-13-4-3-5-14(17)10-13/h3-5,10,12H,6-9,11H2,1-2H3,(H,18,22). The van der Waals surface area contributed by atoms with Gasteiger partial charge in [0, 0.05) is 37.2 Å². The normalized spacial score (nSPS) is 15.1. The van der Waals surface area contributed by atoms with Gasteiger partial charge in [0.05, 0.1) is 6.42 Å². The zero-order valence-corrected chi connectivity index (χ0v) is 13.8. The lowest BCUT2D eigenvalue weighted by Crippen LogP contribution is -2.54. The molecule has 1 aliphatic rings. The molecule has 1 aliphatic heterocycles. The zero-order valence-electron chi connectivity index (χ0n) is 13.0. The smallest absolute Gasteiger partial charge is 0.317 e. The number of carbonyl (C=O) groups is 2. The fraction of sp³-hybridized carbons (Fsp3) is 0.500. The molecule has 2 rings (SSSR count). The summed E-state index contributed by atoms with van der Waals surface area (Å²) in [5.41, 5.74) is 0.914. The molecule has 0 aromatic heterocycles. The van der Waals surface area contributed by atoms with E-state index < -0.39 is 0 Å². The molecule has 0 spiro atoms. The molecule has 6 heteroatoms. The Balaban J connectivity index is 1.83. The van der Waals surface area contributed by atoms with Crippen LogP contribution in [0.15, 0.2) is 24.3 Å². The van der Waals surface area contributed by atoms with Crippen molar-refractivity contribution >= 4 is 23.5 Å². The first-order valence-corrected chi connectivity index (χ1v) is 7.91. The van der Waals surface area contributed by atoms with Gasteiger partial charge < -0.3 is 15.1 Å². The van der Waals surface area contributed by atoms with Crippen molar-refractivity contribution in [2.75, 3.05) is 26.2 Å². The number of rotatable bonds is 3. The van der Waals surface area contributed by atoms with Crippen LogP contribution in [0.5, 0.6) is 0 Å². The quantitative estimate of drug-likeness (QED) is 0.926. The first-order valence-electron chi connectivity index (χ1n) is 7.53. The number of benzene rings is 1. The minimum Gasteiger partial charge on any atom is -0.339 e. The van der Waals surface area contributed by atoms with Crippen LogP contribution >= 0.6 is 11.6 Å². The van der Waals surface area contributed by atoms with Crippen LogP contribution in [0.3, 0.4) is 0 Å². The monoisotopic (exact) mass is 323 g/mol. The molecule has 0 bridgehead atoms. The summed E-state index contributed by atoms with van der Waals surface area (Å²) in [6, 6.07) is 7.41. The lowest BCUT2D eigenvalue weighted by atomic mass is 10.1. The molecular formula is C16H22ClN3O2. The van der Waals surface area contributed by atoms with E-state index in [1.54, 1.807) is 15.9 Å². The zero-order chi connectivity index (χ0) is 16.1. The first kappa shape index (κ1) is 16.6. The highest BCUT2D eigenvalue weighted by Gasteiger charge is 2.24. The predicted octanol–water partition coefficient (Wildman–Crippen LogP) is 2.14. The molecule has 1 N–H and O–H groups in total. The van der Waals surface area contributed by atoms with Crippen LogP contribution < -0.4 is 5.32 Å². The van der Waals surface area contributed by atoms with Gasteiger partial charge in [0.15, 0.2) is 0 Å². The number of hydrogen-bond acceptors (Lipinski definition) is 2. The molecule has 0 unspecified atom stereocenters. The van der Waals surface area contributed by atoms with Crippen molar-refractivity contribution in [3.63, 3.8) is 0 Å². The summed E-state index contributed by atoms with van der Waals surface area (Å²) in [5.74, 6) is 0.0752. The van der Waals surface area contributed by atoms with Crippen LogP contribution in [0.4, 0.5) is 4.79 Å². The van der Waals surface area contributed by atoms with Gasteiger partial charge in [0.2, 0.25) is 5.91 Å². The SMILES string of the molecule is CC(C)NC(=O)N1CCN(C(=O)Cc2cccc(Cl)c2)CC1. The average Bonchev–Trinajstić information content (AvgIpc) is 2.46. The number of urea groups is 1. The number of amides is 3. The summed E-state index contributed by atoms with van der Waals surface area (Å²) in [6.07, 6.45) is 0.346. The summed E-state index contributed by atoms with van der Waals surface area (Å²) in [7, 11) is 0. The Hall–Kier alpha value is -1.75. The third-order valence-corrected chi connectivity index (χ3v) is 3.81. The van der Waals surface area contributed by atoms with Crippen molar-refractivity contribution in [1.29, 1.82) is 0 Å². The van der Waals surface area contributed by atoms with Crippen molar-refractivity contribution in [1.82, 2.24) is 15.1 Å². The van der Waals surface area contributed by atoms with E-state index in [1.165, 1.54) is 0 Å². The second-order valence-electron chi connectivity index (χ2n) is 5.78. The number of hydrogen-bond donors (Lipinski definition) is 1. The topological polar surface area (TPSA) is 52.7 Å². The second kappa shape index (κ2) is 7.49. The maximum Gasteiger partial charge on any atom is 0.317 e. The van der Waals surface area contributed by atoms with Gasteiger partial charge in [-0.05, 0) is 31.5 Å². The maximum atomic E-state index is 12.3. The van der Waals surface area contributed by atoms with Crippen LogP contribution in [0.25, 0.3) is 0 Å². The minimum atomic E-state index is -0.0584. The van der Waals surface area contributed by atoms with Crippen molar-refractivity contribution in [3.8, 4) is 0 Å². The van der Waals surface area contributed by atoms with Gasteiger partial charge in [-0.1, -0.05) is 23.7 Å². The van der Waals surface area contributed by atoms with E-state index in [0.717, 1.165) is 5.56 Å². The van der Waals surface area contributed by atoms with Crippen LogP contribution in [0.1, 0.15) is 19.4 Å². The van der Waals surface area contributed by atoms with Crippen molar-refractivity contribution in [2.24, 2.45) is 0 Å². The molecule has 0 aliphatic carbocycles. The van der Waals surface area contributed by atoms with Gasteiger partial charge in [-0.15, -0.1) is 0 Å². The third kappa shape index (κ3) is 4.63. The first-order chi connectivity index (χ1) is 10.5. The van der Waals surface area contributed by atoms with Crippen molar-refractivity contribution in [3.05, 3.63) is 34.9 Å². The molecule has 22 heavy (non-hydrogen) atoms. The largest absolute Gasteiger partial charge is 0.339 e. The minimum absolute atomic E-state index is 0.0584. The van der Waals surface area contributed by atoms with E-state index in [-0.39, 0.29) is 18.0 Å². The highest BCUT2D eigenvalue weighted by atomic mass is 35.5. The lowest BCUT2D eigenvalue weighted by Gasteiger charge is -2.35. The van der Waals surface area contributed by atoms with Gasteiger partial charge >= 0.3 is 6.03 Å². The third-order valence-electron chi connectivity index (χ3n) is 3.58. The molecule has 0 atom stereocenters. The number of nitrogens with one attached hydrogen (secondary N) is 1. The number of nitrogens with zero attached hydrogens (tertiary/aromatic N) is 2. The summed E-state index contributed by atoms with van der Waals surface area (Å²) in [6.45, 7) is 6.15. The number of piperazine rings is 1. The van der Waals surface area contributed by atoms with E-state index in [0.29, 0.717) is 37.6 Å². The van der Waals surface area contributed by atoms with Gasteiger partial charge in [0.1, 0.15) is 0 Å². The van der Waals surface area contributed by atoms with E-state index in [2.05, 4.69) is 5.32 Å². The number of halogens is 1. The molecule has 1 fully saturated rings. The fourth-order valence-electron chi connectivity index (χ4n) is 2.43. The van der Waals surface area contributed by atoms with Gasteiger partial charge in [-0.25, -0.2) is 4.79 Å². The Kier molecular flexibility index (Phi) is 5.66. The molecule has 120 valence electrons. The van der Waals surface area contributed by atoms with E-state index in [1.807, 2.05) is 32.0 Å². The maximum absolute atomic E-state index is 12.3. The molecule has 0 saturated carbocycles. The Labute approximate surface area is 136 Å². The number of carbonyl (C=O) groups excluding carboxylic acids is 2. The average molecular weight is 324 g/mol. The highest BCUT2D eigenvalue weighted by molar-refractivity contribution is 6.30. The lowest BCUT2D eigenvalue weighted by molar-refractivity contribution is -0.131. The summed E-state index contributed by atoms with van der Waals surface area (Å²) >= 11 is 5.93. The van der Waals surface area contributed by atoms with Crippen molar-refractivity contribution < 1.29 is 9.59 Å². The summed E-state index contributed by atoms with van der Waals surface area (Å²) in [5, 5.41) is 3.51. The van der Waals surface area contributed by atoms with E-state index >= 15 is 0 Å². The second-order valence-corrected chi connectivity index (χ2v) is 6.22. The summed E-state index contributed by atoms with van der Waals surface area (Å²) in [4.78, 5) is 27.8. The molecule has 3 amide bonds. The van der Waals surface area contributed by atoms with Crippen molar-refractivity contribution in [2.45, 2.75) is 26.3 Å². The van der Waals surface area contributed by atoms with Crippen LogP contribution in [-0.4, -0.2) is 54.0 Å². The fourth-order valence-corrected chi connectivity index (χ4v) is 2.64. The highest BCUT2D eigenvalue weighted by Crippen LogP contribution is 2.13. The molecule has 1 aromatic rings. The summed E-state index contributed by atoms with van der Waals surface area (Å²) < 4.78 is 0. The predicted molar refractivity (Wildman–Crippen MR) is 87.0 cm³/mol. The Morgan fingerprint density at radius 3 is 2.41 bits per heavy atom. The van der Waals surface area contributed by atoms with E-state index in [4.69, 9.17) is 11.6 Å². The Morgan fingerprint density at radius 1 is 1.18 bits per heavy atom. The van der Waals surface area contributed by atoms with Gasteiger partial charge in [-0.3, -0.25) is 4.79 Å². The molecule has 1 saturated heterocycles. The Morgan fingerprint density at radius 2 is 1.82 bits per heavy atom. The Bertz CT molecular complexity index is 540. The molecule has 1 heterocycles.